The Bertz CT molecular complexity index is 1150. The molecule has 6 rings (SSSR count). The van der Waals surface area contributed by atoms with Gasteiger partial charge in [0.25, 0.3) is 0 Å². The topological polar surface area (TPSA) is 91.3 Å². The zero-order chi connectivity index (χ0) is 30.0. The molecule has 0 aromatic rings. The molecule has 6 aliphatic rings. The first-order chi connectivity index (χ1) is 18.9. The molecular weight excluding hydrogens is 604 g/mol. The molecule has 0 bridgehead atoms. The molecule has 3 saturated carbocycles. The van der Waals surface area contributed by atoms with Crippen LogP contribution >= 0.6 is 15.9 Å². The van der Waals surface area contributed by atoms with Crippen LogP contribution in [0.2, 0.25) is 19.6 Å². The Balaban J connectivity index is 1.48. The second kappa shape index (κ2) is 9.46. The second-order valence-corrected chi connectivity index (χ2v) is 21.4. The SMILES string of the molecule is CC(=O)O[C@@H]1C[C@H]2[C@@H](CC[C@H]3CC(=O)[C@H](Br)C[C@@]32C)C2=C[C@@H]3O[C@]4(CC[C@](C)(O)CO4)[C@@H](C)[C@]3(O[Si](C)(C)C)[C@]21C. The van der Waals surface area contributed by atoms with Gasteiger partial charge in [-0.05, 0) is 88.8 Å². The van der Waals surface area contributed by atoms with Gasteiger partial charge < -0.3 is 23.7 Å². The number of alkyl halides is 1. The maximum Gasteiger partial charge on any atom is 0.302 e. The van der Waals surface area contributed by atoms with Gasteiger partial charge in [-0.1, -0.05) is 41.4 Å². The Hall–Kier alpha value is -0.583. The summed E-state index contributed by atoms with van der Waals surface area (Å²) in [5, 5.41) is 10.7. The van der Waals surface area contributed by atoms with Gasteiger partial charge in [0.1, 0.15) is 23.6 Å². The largest absolute Gasteiger partial charge is 0.462 e. The average Bonchev–Trinajstić information content (AvgIpc) is 3.22. The molecule has 1 spiro atoms. The lowest BCUT2D eigenvalue weighted by Gasteiger charge is -2.63. The summed E-state index contributed by atoms with van der Waals surface area (Å²) in [5.74, 6) is -0.0169. The van der Waals surface area contributed by atoms with Crippen LogP contribution in [0.15, 0.2) is 11.6 Å². The molecule has 2 heterocycles. The maximum atomic E-state index is 12.8. The van der Waals surface area contributed by atoms with E-state index in [2.05, 4.69) is 62.4 Å². The van der Waals surface area contributed by atoms with Crippen LogP contribution in [0, 0.1) is 34.5 Å². The number of hydrogen-bond donors (Lipinski definition) is 1. The highest BCUT2D eigenvalue weighted by Crippen LogP contribution is 2.72. The van der Waals surface area contributed by atoms with Gasteiger partial charge in [0.2, 0.25) is 0 Å². The van der Waals surface area contributed by atoms with E-state index in [-0.39, 0.29) is 40.9 Å². The van der Waals surface area contributed by atoms with Crippen molar-refractivity contribution < 1.29 is 33.3 Å². The first kappa shape index (κ1) is 30.4. The van der Waals surface area contributed by atoms with Crippen LogP contribution in [-0.4, -0.2) is 65.8 Å². The molecule has 0 aromatic carbocycles. The van der Waals surface area contributed by atoms with Gasteiger partial charge in [-0.25, -0.2) is 0 Å². The molecule has 7 nitrogen and oxygen atoms in total. The number of halogens is 1. The number of hydrogen-bond acceptors (Lipinski definition) is 7. The highest BCUT2D eigenvalue weighted by atomic mass is 79.9. The van der Waals surface area contributed by atoms with E-state index < -0.39 is 30.7 Å². The number of ether oxygens (including phenoxy) is 3. The smallest absolute Gasteiger partial charge is 0.302 e. The average molecular weight is 654 g/mol. The number of carbonyl (C=O) groups excluding carboxylic acids is 2. The zero-order valence-electron chi connectivity index (χ0n) is 26.1. The number of ketones is 1. The molecule has 4 aliphatic carbocycles. The maximum absolute atomic E-state index is 12.8. The van der Waals surface area contributed by atoms with E-state index in [1.54, 1.807) is 0 Å². The van der Waals surface area contributed by atoms with Crippen LogP contribution in [0.1, 0.15) is 79.6 Å². The highest BCUT2D eigenvalue weighted by Gasteiger charge is 2.78. The van der Waals surface area contributed by atoms with E-state index in [4.69, 9.17) is 18.6 Å². The summed E-state index contributed by atoms with van der Waals surface area (Å²) in [7, 11) is -2.17. The minimum Gasteiger partial charge on any atom is -0.462 e. The number of esters is 1. The fourth-order valence-corrected chi connectivity index (χ4v) is 12.7. The minimum absolute atomic E-state index is 0.0260. The molecule has 9 heteroatoms. The van der Waals surface area contributed by atoms with Crippen molar-refractivity contribution in [2.45, 2.75) is 133 Å². The van der Waals surface area contributed by atoms with Crippen molar-refractivity contribution in [2.24, 2.45) is 34.5 Å². The summed E-state index contributed by atoms with van der Waals surface area (Å²) in [5.41, 5.74) is -0.958. The predicted octanol–water partition coefficient (Wildman–Crippen LogP) is 5.93. The molecule has 1 N–H and O–H groups in total. The molecule has 0 amide bonds. The summed E-state index contributed by atoms with van der Waals surface area (Å²) < 4.78 is 27.3. The van der Waals surface area contributed by atoms with E-state index in [1.165, 1.54) is 12.5 Å². The Morgan fingerprint density at radius 3 is 2.49 bits per heavy atom. The van der Waals surface area contributed by atoms with Crippen molar-refractivity contribution >= 4 is 36.0 Å². The molecule has 230 valence electrons. The minimum atomic E-state index is -2.17. The lowest BCUT2D eigenvalue weighted by molar-refractivity contribution is -0.289. The van der Waals surface area contributed by atoms with Crippen molar-refractivity contribution in [3.8, 4) is 0 Å². The van der Waals surface area contributed by atoms with Crippen molar-refractivity contribution in [1.82, 2.24) is 0 Å². The molecule has 12 atom stereocenters. The molecule has 0 aromatic heterocycles. The molecule has 0 unspecified atom stereocenters. The third kappa shape index (κ3) is 4.29. The summed E-state index contributed by atoms with van der Waals surface area (Å²) in [4.78, 5) is 25.4. The third-order valence-electron chi connectivity index (χ3n) is 12.2. The van der Waals surface area contributed by atoms with Crippen molar-refractivity contribution in [3.05, 3.63) is 11.6 Å². The summed E-state index contributed by atoms with van der Waals surface area (Å²) in [6.45, 7) is 17.0. The van der Waals surface area contributed by atoms with E-state index in [0.717, 1.165) is 25.7 Å². The molecular formula is C32H49BrO7Si. The number of fused-ring (bicyclic) bond motifs is 7. The van der Waals surface area contributed by atoms with Crippen LogP contribution < -0.4 is 0 Å². The first-order valence-corrected chi connectivity index (χ1v) is 20.0. The number of aliphatic hydroxyl groups is 1. The van der Waals surface area contributed by atoms with Crippen LogP contribution in [0.4, 0.5) is 0 Å². The Morgan fingerprint density at radius 2 is 1.88 bits per heavy atom. The Kier molecular flexibility index (Phi) is 7.02. The van der Waals surface area contributed by atoms with Gasteiger partial charge >= 0.3 is 5.97 Å². The van der Waals surface area contributed by atoms with Gasteiger partial charge in [0, 0.05) is 25.7 Å². The van der Waals surface area contributed by atoms with E-state index in [9.17, 15) is 14.7 Å². The molecule has 41 heavy (non-hydrogen) atoms. The van der Waals surface area contributed by atoms with Crippen LogP contribution in [0.3, 0.4) is 0 Å². The fourth-order valence-electron chi connectivity index (χ4n) is 10.3. The summed E-state index contributed by atoms with van der Waals surface area (Å²) >= 11 is 3.71. The summed E-state index contributed by atoms with van der Waals surface area (Å²) in [6.07, 6.45) is 7.01. The van der Waals surface area contributed by atoms with Gasteiger partial charge in [0.15, 0.2) is 14.1 Å². The lowest BCUT2D eigenvalue weighted by Crippen LogP contribution is -2.68. The fraction of sp³-hybridized carbons (Fsp3) is 0.875. The second-order valence-electron chi connectivity index (χ2n) is 15.9. The van der Waals surface area contributed by atoms with Gasteiger partial charge in [-0.3, -0.25) is 9.59 Å². The van der Waals surface area contributed by atoms with E-state index in [1.807, 2.05) is 6.92 Å². The molecule has 2 saturated heterocycles. The summed E-state index contributed by atoms with van der Waals surface area (Å²) in [6, 6.07) is 0. The quantitative estimate of drug-likeness (QED) is 0.175. The Morgan fingerprint density at radius 1 is 1.17 bits per heavy atom. The number of Topliss-reactive ketones (excluding diaryl/α,β-unsaturated/α-hetero) is 1. The predicted molar refractivity (Wildman–Crippen MR) is 161 cm³/mol. The molecule has 0 radical (unpaired) electrons. The first-order valence-electron chi connectivity index (χ1n) is 15.7. The van der Waals surface area contributed by atoms with Crippen LogP contribution in [0.5, 0.6) is 0 Å². The van der Waals surface area contributed by atoms with Crippen molar-refractivity contribution in [1.29, 1.82) is 0 Å². The van der Waals surface area contributed by atoms with Gasteiger partial charge in [-0.2, -0.15) is 0 Å². The van der Waals surface area contributed by atoms with Crippen molar-refractivity contribution in [2.75, 3.05) is 6.61 Å². The standard InChI is InChI=1S/C32H49BrO7Si/c1-18-31(12-11-28(3,36)17-37-31)39-27-15-23-21-10-9-20-13-25(35)24(33)16-29(20,4)22(21)14-26(38-19(2)34)30(23,5)32(18,27)40-41(6,7)8/h15,18,20-22,24,26-27,36H,9-14,16-17H2,1-8H3/t18-,20+,21-,22+,24-,26-,27+,28+,29+,30-,31-,32-/m1/s1. The van der Waals surface area contributed by atoms with Gasteiger partial charge in [0.05, 0.1) is 22.5 Å². The van der Waals surface area contributed by atoms with Crippen molar-refractivity contribution in [3.63, 3.8) is 0 Å². The normalized spacial score (nSPS) is 52.8. The Labute approximate surface area is 254 Å². The lowest BCUT2D eigenvalue weighted by atomic mass is 9.44. The zero-order valence-corrected chi connectivity index (χ0v) is 28.6. The third-order valence-corrected chi connectivity index (χ3v) is 14.0. The highest BCUT2D eigenvalue weighted by molar-refractivity contribution is 9.10. The van der Waals surface area contributed by atoms with E-state index in [0.29, 0.717) is 42.8 Å². The van der Waals surface area contributed by atoms with E-state index >= 15 is 0 Å². The van der Waals surface area contributed by atoms with Gasteiger partial charge in [-0.15, -0.1) is 0 Å². The molecule has 5 fully saturated rings. The number of rotatable bonds is 3. The monoisotopic (exact) mass is 652 g/mol. The molecule has 2 aliphatic heterocycles. The van der Waals surface area contributed by atoms with Crippen LogP contribution in [-0.2, 0) is 28.2 Å². The van der Waals surface area contributed by atoms with Crippen LogP contribution in [0.25, 0.3) is 0 Å². The number of carbonyl (C=O) groups is 2.